The first-order valence-corrected chi connectivity index (χ1v) is 8.18. The van der Waals surface area contributed by atoms with Crippen LogP contribution in [0.25, 0.3) is 0 Å². The first-order valence-electron chi connectivity index (χ1n) is 6.51. The van der Waals surface area contributed by atoms with E-state index in [0.29, 0.717) is 0 Å². The van der Waals surface area contributed by atoms with Crippen molar-refractivity contribution in [1.29, 1.82) is 0 Å². The van der Waals surface area contributed by atoms with Gasteiger partial charge >= 0.3 is 0 Å². The quantitative estimate of drug-likeness (QED) is 0.572. The molecule has 0 saturated carbocycles. The second kappa shape index (κ2) is 7.37. The molecule has 2 heterocycles. The summed E-state index contributed by atoms with van der Waals surface area (Å²) in [4.78, 5) is 3.21. The molecule has 0 saturated heterocycles. The Morgan fingerprint density at radius 1 is 1.57 bits per heavy atom. The molecule has 1 atom stereocenters. The average molecular weight is 374 g/mol. The van der Waals surface area contributed by atoms with E-state index in [0.717, 1.165) is 33.9 Å². The number of ether oxygens (including phenoxy) is 1. The van der Waals surface area contributed by atoms with Crippen LogP contribution in [0.15, 0.2) is 22.1 Å². The van der Waals surface area contributed by atoms with E-state index >= 15 is 0 Å². The summed E-state index contributed by atoms with van der Waals surface area (Å²) in [5, 5.41) is 6.40. The van der Waals surface area contributed by atoms with Crippen molar-refractivity contribution in [2.24, 2.45) is 5.84 Å². The lowest BCUT2D eigenvalue weighted by molar-refractivity contribution is 0.365. The Balaban J connectivity index is 2.30. The molecule has 2 aromatic rings. The Bertz CT molecular complexity index is 583. The summed E-state index contributed by atoms with van der Waals surface area (Å²) in [5.41, 5.74) is 3.89. The summed E-state index contributed by atoms with van der Waals surface area (Å²) in [6.45, 7) is 1.71. The summed E-state index contributed by atoms with van der Waals surface area (Å²) in [7, 11) is 5.75. The number of hydrazine groups is 1. The molecule has 0 aliphatic heterocycles. The van der Waals surface area contributed by atoms with E-state index in [1.807, 2.05) is 30.2 Å². The lowest BCUT2D eigenvalue weighted by Gasteiger charge is -2.18. The summed E-state index contributed by atoms with van der Waals surface area (Å²) < 4.78 is 8.16. The van der Waals surface area contributed by atoms with Crippen molar-refractivity contribution in [2.75, 3.05) is 27.7 Å². The van der Waals surface area contributed by atoms with Crippen molar-refractivity contribution >= 4 is 27.3 Å². The van der Waals surface area contributed by atoms with Crippen LogP contribution < -0.4 is 16.0 Å². The molecular formula is C13H20BrN5OS. The van der Waals surface area contributed by atoms with Gasteiger partial charge < -0.3 is 9.64 Å². The van der Waals surface area contributed by atoms with Crippen LogP contribution in [0.3, 0.4) is 0 Å². The zero-order chi connectivity index (χ0) is 15.4. The van der Waals surface area contributed by atoms with Crippen molar-refractivity contribution < 1.29 is 4.74 Å². The molecule has 0 spiro atoms. The van der Waals surface area contributed by atoms with Crippen molar-refractivity contribution in [2.45, 2.75) is 12.6 Å². The molecule has 0 aliphatic rings. The second-order valence-electron chi connectivity index (χ2n) is 4.89. The van der Waals surface area contributed by atoms with Crippen molar-refractivity contribution in [1.82, 2.24) is 20.1 Å². The van der Waals surface area contributed by atoms with E-state index in [9.17, 15) is 0 Å². The number of thiophene rings is 1. The molecule has 1 unspecified atom stereocenters. The van der Waals surface area contributed by atoms with Crippen LogP contribution in [0.2, 0.25) is 0 Å². The van der Waals surface area contributed by atoms with E-state index < -0.39 is 0 Å². The van der Waals surface area contributed by atoms with Gasteiger partial charge in [-0.15, -0.1) is 11.3 Å². The van der Waals surface area contributed by atoms with Gasteiger partial charge in [-0.05, 0) is 36.1 Å². The molecule has 116 valence electrons. The first-order chi connectivity index (χ1) is 10.1. The minimum absolute atomic E-state index is 0.127. The predicted octanol–water partition coefficient (Wildman–Crippen LogP) is 1.83. The summed E-state index contributed by atoms with van der Waals surface area (Å²) >= 11 is 5.17. The smallest absolute Gasteiger partial charge is 0.129 e. The van der Waals surface area contributed by atoms with Gasteiger partial charge in [-0.3, -0.25) is 10.5 Å². The Hall–Kier alpha value is -0.930. The summed E-state index contributed by atoms with van der Waals surface area (Å²) in [6, 6.07) is 1.86. The van der Waals surface area contributed by atoms with Gasteiger partial charge in [0.15, 0.2) is 0 Å². The van der Waals surface area contributed by atoms with Gasteiger partial charge in [0.2, 0.25) is 0 Å². The van der Waals surface area contributed by atoms with Gasteiger partial charge in [-0.2, -0.15) is 5.10 Å². The number of nitrogens with zero attached hydrogens (tertiary/aromatic N) is 3. The third kappa shape index (κ3) is 3.83. The van der Waals surface area contributed by atoms with Gasteiger partial charge in [0.05, 0.1) is 36.1 Å². The molecule has 3 N–H and O–H groups in total. The topological polar surface area (TPSA) is 68.3 Å². The van der Waals surface area contributed by atoms with Crippen LogP contribution in [-0.4, -0.2) is 42.4 Å². The fraction of sp³-hybridized carbons (Fsp3) is 0.462. The van der Waals surface area contributed by atoms with Crippen LogP contribution in [0, 0.1) is 0 Å². The highest BCUT2D eigenvalue weighted by atomic mass is 79.9. The van der Waals surface area contributed by atoms with E-state index in [1.165, 1.54) is 0 Å². The molecule has 0 fully saturated rings. The Kier molecular flexibility index (Phi) is 5.77. The first kappa shape index (κ1) is 16.4. The minimum Gasteiger partial charge on any atom is -0.496 e. The number of hydrogen-bond acceptors (Lipinski definition) is 6. The van der Waals surface area contributed by atoms with Gasteiger partial charge in [0.25, 0.3) is 0 Å². The standard InChI is InChI=1S/C13H20BrN5OS/c1-18(2)4-5-19-13(10(14)7-16-19)12(17-15)11-6-9(20-3)8-21-11/h6-8,12,17H,4-5,15H2,1-3H3. The normalized spacial score (nSPS) is 12.9. The molecule has 0 aliphatic carbocycles. The summed E-state index contributed by atoms with van der Waals surface area (Å²) in [5.74, 6) is 6.62. The highest BCUT2D eigenvalue weighted by molar-refractivity contribution is 9.10. The number of hydrogen-bond donors (Lipinski definition) is 2. The predicted molar refractivity (Wildman–Crippen MR) is 88.5 cm³/mol. The maximum atomic E-state index is 5.78. The average Bonchev–Trinajstić information content (AvgIpc) is 3.06. The maximum absolute atomic E-state index is 5.78. The Morgan fingerprint density at radius 3 is 2.90 bits per heavy atom. The number of likely N-dealkylation sites (N-methyl/N-ethyl adjacent to an activating group) is 1. The fourth-order valence-electron chi connectivity index (χ4n) is 2.02. The molecule has 6 nitrogen and oxygen atoms in total. The highest BCUT2D eigenvalue weighted by Gasteiger charge is 2.22. The molecule has 0 aromatic carbocycles. The van der Waals surface area contributed by atoms with Crippen LogP contribution in [0.4, 0.5) is 0 Å². The lowest BCUT2D eigenvalue weighted by atomic mass is 10.2. The van der Waals surface area contributed by atoms with E-state index in [1.54, 1.807) is 24.6 Å². The Labute approximate surface area is 137 Å². The number of nitrogens with two attached hydrogens (primary N) is 1. The molecular weight excluding hydrogens is 354 g/mol. The minimum atomic E-state index is -0.127. The molecule has 0 radical (unpaired) electrons. The van der Waals surface area contributed by atoms with Crippen molar-refractivity contribution in [3.05, 3.63) is 32.7 Å². The fourth-order valence-corrected chi connectivity index (χ4v) is 3.46. The number of nitrogens with one attached hydrogen (secondary N) is 1. The van der Waals surface area contributed by atoms with Crippen LogP contribution in [0.5, 0.6) is 5.75 Å². The van der Waals surface area contributed by atoms with Crippen LogP contribution in [0.1, 0.15) is 16.6 Å². The van der Waals surface area contributed by atoms with Gasteiger partial charge in [-0.1, -0.05) is 0 Å². The van der Waals surface area contributed by atoms with Crippen molar-refractivity contribution in [3.8, 4) is 5.75 Å². The third-order valence-electron chi connectivity index (χ3n) is 3.15. The largest absolute Gasteiger partial charge is 0.496 e. The van der Waals surface area contributed by atoms with Crippen LogP contribution >= 0.6 is 27.3 Å². The number of halogens is 1. The third-order valence-corrected chi connectivity index (χ3v) is 4.74. The van der Waals surface area contributed by atoms with Crippen molar-refractivity contribution in [3.63, 3.8) is 0 Å². The monoisotopic (exact) mass is 373 g/mol. The van der Waals surface area contributed by atoms with Crippen LogP contribution in [-0.2, 0) is 6.54 Å². The zero-order valence-electron chi connectivity index (χ0n) is 12.3. The molecule has 0 amide bonds. The van der Waals surface area contributed by atoms with E-state index in [2.05, 4.69) is 31.4 Å². The molecule has 0 bridgehead atoms. The Morgan fingerprint density at radius 2 is 2.33 bits per heavy atom. The number of methoxy groups -OCH3 is 1. The zero-order valence-corrected chi connectivity index (χ0v) is 14.7. The summed E-state index contributed by atoms with van der Waals surface area (Å²) in [6.07, 6.45) is 1.81. The maximum Gasteiger partial charge on any atom is 0.129 e. The lowest BCUT2D eigenvalue weighted by Crippen LogP contribution is -2.31. The molecule has 21 heavy (non-hydrogen) atoms. The molecule has 2 aromatic heterocycles. The molecule has 8 heteroatoms. The second-order valence-corrected chi connectivity index (χ2v) is 6.69. The number of rotatable bonds is 7. The van der Waals surface area contributed by atoms with Gasteiger partial charge in [0, 0.05) is 16.8 Å². The molecule has 2 rings (SSSR count). The van der Waals surface area contributed by atoms with Gasteiger partial charge in [-0.25, -0.2) is 5.43 Å². The number of aromatic nitrogens is 2. The van der Waals surface area contributed by atoms with E-state index in [4.69, 9.17) is 10.6 Å². The SMILES string of the molecule is COc1csc(C(NN)c2c(Br)cnn2CCN(C)C)c1. The highest BCUT2D eigenvalue weighted by Crippen LogP contribution is 2.33. The van der Waals surface area contributed by atoms with Gasteiger partial charge in [0.1, 0.15) is 5.75 Å². The van der Waals surface area contributed by atoms with E-state index in [-0.39, 0.29) is 6.04 Å².